The highest BCUT2D eigenvalue weighted by molar-refractivity contribution is 5.92. The number of hydrogen-bond acceptors (Lipinski definition) is 3. The summed E-state index contributed by atoms with van der Waals surface area (Å²) < 4.78 is 1.63. The van der Waals surface area contributed by atoms with Crippen LogP contribution in [0.5, 0.6) is 0 Å². The van der Waals surface area contributed by atoms with Crippen molar-refractivity contribution in [3.8, 4) is 6.19 Å². The largest absolute Gasteiger partial charge is 0.275 e. The Morgan fingerprint density at radius 1 is 1.85 bits per heavy atom. The molecular formula is C8H8N4O. The molecule has 13 heavy (non-hydrogen) atoms. The van der Waals surface area contributed by atoms with Crippen LogP contribution in [0, 0.1) is 11.5 Å². The fraction of sp³-hybridized carbons (Fsp3) is 0.125. The van der Waals surface area contributed by atoms with Gasteiger partial charge in [0.15, 0.2) is 6.19 Å². The molecule has 0 saturated carbocycles. The molecule has 0 atom stereocenters. The van der Waals surface area contributed by atoms with Crippen molar-refractivity contribution >= 4 is 12.0 Å². The van der Waals surface area contributed by atoms with E-state index in [4.69, 9.17) is 5.26 Å². The van der Waals surface area contributed by atoms with Crippen molar-refractivity contribution in [1.82, 2.24) is 15.1 Å². The van der Waals surface area contributed by atoms with Gasteiger partial charge in [-0.05, 0) is 6.08 Å². The standard InChI is InChI=1S/C8H8N4O/c1-12-5-7(4-11-12)2-3-8(13)10-6-9/h2-5H,1H3,(H,10,13)/b3-2+. The Morgan fingerprint density at radius 3 is 3.15 bits per heavy atom. The predicted molar refractivity (Wildman–Crippen MR) is 46.0 cm³/mol. The summed E-state index contributed by atoms with van der Waals surface area (Å²) in [6, 6.07) is 0. The molecule has 1 rings (SSSR count). The molecule has 1 amide bonds. The van der Waals surface area contributed by atoms with Crippen molar-refractivity contribution in [3.63, 3.8) is 0 Å². The van der Waals surface area contributed by atoms with Gasteiger partial charge >= 0.3 is 0 Å². The van der Waals surface area contributed by atoms with Crippen molar-refractivity contribution < 1.29 is 4.79 Å². The van der Waals surface area contributed by atoms with Gasteiger partial charge < -0.3 is 0 Å². The molecule has 66 valence electrons. The molecule has 0 aliphatic carbocycles. The molecule has 1 aromatic rings. The van der Waals surface area contributed by atoms with E-state index >= 15 is 0 Å². The highest BCUT2D eigenvalue weighted by Gasteiger charge is 1.93. The molecule has 5 nitrogen and oxygen atoms in total. The van der Waals surface area contributed by atoms with E-state index < -0.39 is 5.91 Å². The molecule has 0 spiro atoms. The van der Waals surface area contributed by atoms with Gasteiger partial charge in [-0.2, -0.15) is 10.4 Å². The Hall–Kier alpha value is -2.09. The summed E-state index contributed by atoms with van der Waals surface area (Å²) in [5.41, 5.74) is 0.815. The molecule has 0 bridgehead atoms. The molecule has 0 aliphatic heterocycles. The Morgan fingerprint density at radius 2 is 2.62 bits per heavy atom. The summed E-state index contributed by atoms with van der Waals surface area (Å²) in [6.45, 7) is 0. The van der Waals surface area contributed by atoms with Gasteiger partial charge in [-0.25, -0.2) is 0 Å². The zero-order valence-electron chi connectivity index (χ0n) is 7.06. The summed E-state index contributed by atoms with van der Waals surface area (Å²) in [5.74, 6) is -0.439. The van der Waals surface area contributed by atoms with Crippen molar-refractivity contribution in [2.24, 2.45) is 7.05 Å². The number of aryl methyl sites for hydroxylation is 1. The lowest BCUT2D eigenvalue weighted by atomic mass is 10.3. The number of nitrogens with one attached hydrogen (secondary N) is 1. The average Bonchev–Trinajstić information content (AvgIpc) is 2.49. The number of rotatable bonds is 2. The summed E-state index contributed by atoms with van der Waals surface area (Å²) in [4.78, 5) is 10.8. The van der Waals surface area contributed by atoms with Crippen molar-refractivity contribution in [2.75, 3.05) is 0 Å². The first-order chi connectivity index (χ1) is 6.22. The Bertz CT molecular complexity index is 372. The number of nitriles is 1. The van der Waals surface area contributed by atoms with Crippen molar-refractivity contribution in [2.45, 2.75) is 0 Å². The van der Waals surface area contributed by atoms with Crippen LogP contribution in [0.2, 0.25) is 0 Å². The lowest BCUT2D eigenvalue weighted by Crippen LogP contribution is -2.13. The molecule has 0 saturated heterocycles. The summed E-state index contributed by atoms with van der Waals surface area (Å²) in [6.07, 6.45) is 7.78. The first-order valence-electron chi connectivity index (χ1n) is 3.58. The van der Waals surface area contributed by atoms with Crippen molar-refractivity contribution in [3.05, 3.63) is 24.0 Å². The van der Waals surface area contributed by atoms with Gasteiger partial charge in [-0.15, -0.1) is 0 Å². The lowest BCUT2D eigenvalue weighted by molar-refractivity contribution is -0.115. The van der Waals surface area contributed by atoms with Gasteiger partial charge in [0.1, 0.15) is 0 Å². The van der Waals surface area contributed by atoms with Gasteiger partial charge in [-0.1, -0.05) is 0 Å². The second-order valence-electron chi connectivity index (χ2n) is 2.38. The number of nitrogens with zero attached hydrogens (tertiary/aromatic N) is 3. The highest BCUT2D eigenvalue weighted by atomic mass is 16.1. The molecule has 0 radical (unpaired) electrons. The van der Waals surface area contributed by atoms with E-state index in [0.29, 0.717) is 0 Å². The van der Waals surface area contributed by atoms with Crippen LogP contribution in [0.3, 0.4) is 0 Å². The molecule has 0 fully saturated rings. The second kappa shape index (κ2) is 4.07. The van der Waals surface area contributed by atoms with E-state index in [1.807, 2.05) is 5.32 Å². The van der Waals surface area contributed by atoms with Gasteiger partial charge in [0.25, 0.3) is 5.91 Å². The fourth-order valence-electron chi connectivity index (χ4n) is 0.795. The van der Waals surface area contributed by atoms with Crippen LogP contribution in [0.25, 0.3) is 6.08 Å². The van der Waals surface area contributed by atoms with E-state index in [9.17, 15) is 4.79 Å². The molecule has 1 aromatic heterocycles. The fourth-order valence-corrected chi connectivity index (χ4v) is 0.795. The minimum Gasteiger partial charge on any atom is -0.275 e. The summed E-state index contributed by atoms with van der Waals surface area (Å²) >= 11 is 0. The van der Waals surface area contributed by atoms with E-state index in [-0.39, 0.29) is 0 Å². The lowest BCUT2D eigenvalue weighted by Gasteiger charge is -1.85. The normalized spacial score (nSPS) is 9.85. The molecular weight excluding hydrogens is 168 g/mol. The molecule has 0 aliphatic rings. The maximum absolute atomic E-state index is 10.8. The average molecular weight is 176 g/mol. The summed E-state index contributed by atoms with van der Waals surface area (Å²) in [5, 5.41) is 14.0. The minimum absolute atomic E-state index is 0.439. The van der Waals surface area contributed by atoms with Crippen LogP contribution in [0.4, 0.5) is 0 Å². The topological polar surface area (TPSA) is 70.7 Å². The van der Waals surface area contributed by atoms with Gasteiger partial charge in [0.2, 0.25) is 0 Å². The maximum Gasteiger partial charge on any atom is 0.256 e. The monoisotopic (exact) mass is 176 g/mol. The predicted octanol–water partition coefficient (Wildman–Crippen LogP) is 0.0306. The Labute approximate surface area is 75.3 Å². The number of carbonyl (C=O) groups is 1. The van der Waals surface area contributed by atoms with E-state index in [2.05, 4.69) is 5.10 Å². The molecule has 0 aromatic carbocycles. The van der Waals surface area contributed by atoms with Crippen LogP contribution in [-0.2, 0) is 11.8 Å². The van der Waals surface area contributed by atoms with Crippen LogP contribution >= 0.6 is 0 Å². The third kappa shape index (κ3) is 2.79. The number of amides is 1. The molecule has 1 N–H and O–H groups in total. The second-order valence-corrected chi connectivity index (χ2v) is 2.38. The first-order valence-corrected chi connectivity index (χ1v) is 3.58. The summed E-state index contributed by atoms with van der Waals surface area (Å²) in [7, 11) is 1.78. The van der Waals surface area contributed by atoms with E-state index in [1.54, 1.807) is 30.2 Å². The van der Waals surface area contributed by atoms with E-state index in [0.717, 1.165) is 5.56 Å². The van der Waals surface area contributed by atoms with Crippen LogP contribution in [0.15, 0.2) is 18.5 Å². The third-order valence-corrected chi connectivity index (χ3v) is 1.33. The highest BCUT2D eigenvalue weighted by Crippen LogP contribution is 1.98. The zero-order chi connectivity index (χ0) is 9.68. The minimum atomic E-state index is -0.439. The SMILES string of the molecule is Cn1cc(/C=C/C(=O)NC#N)cn1. The molecule has 5 heteroatoms. The maximum atomic E-state index is 10.8. The first kappa shape index (κ1) is 9.00. The smallest absolute Gasteiger partial charge is 0.256 e. The molecule has 1 heterocycles. The number of hydrogen-bond donors (Lipinski definition) is 1. The number of carbonyl (C=O) groups excluding carboxylic acids is 1. The van der Waals surface area contributed by atoms with Crippen molar-refractivity contribution in [1.29, 1.82) is 5.26 Å². The number of aromatic nitrogens is 2. The zero-order valence-corrected chi connectivity index (χ0v) is 7.06. The third-order valence-electron chi connectivity index (χ3n) is 1.33. The van der Waals surface area contributed by atoms with Gasteiger partial charge in [0, 0.05) is 24.9 Å². The van der Waals surface area contributed by atoms with Gasteiger partial charge in [-0.3, -0.25) is 14.8 Å². The van der Waals surface area contributed by atoms with Crippen LogP contribution in [-0.4, -0.2) is 15.7 Å². The Balaban J connectivity index is 2.59. The Kier molecular flexibility index (Phi) is 2.82. The quantitative estimate of drug-likeness (QED) is 0.392. The van der Waals surface area contributed by atoms with E-state index in [1.165, 1.54) is 12.3 Å². The van der Waals surface area contributed by atoms with Crippen LogP contribution < -0.4 is 5.32 Å². The molecule has 0 unspecified atom stereocenters. The van der Waals surface area contributed by atoms with Gasteiger partial charge in [0.05, 0.1) is 6.20 Å². The van der Waals surface area contributed by atoms with Crippen LogP contribution in [0.1, 0.15) is 5.56 Å².